The molecule has 1 fully saturated rings. The van der Waals surface area contributed by atoms with Crippen LogP contribution in [0.25, 0.3) is 0 Å². The first-order valence-corrected chi connectivity index (χ1v) is 9.35. The van der Waals surface area contributed by atoms with E-state index in [2.05, 4.69) is 12.2 Å². The van der Waals surface area contributed by atoms with Gasteiger partial charge in [-0.2, -0.15) is 0 Å². The third kappa shape index (κ3) is 2.67. The first-order chi connectivity index (χ1) is 12.6. The van der Waals surface area contributed by atoms with E-state index in [1.165, 1.54) is 11.1 Å². The molecule has 5 heteroatoms. The number of allylic oxidation sites excluding steroid dienone is 2. The summed E-state index contributed by atoms with van der Waals surface area (Å²) in [4.78, 5) is 29.4. The van der Waals surface area contributed by atoms with Gasteiger partial charge in [0.05, 0.1) is 18.7 Å². The fourth-order valence-corrected chi connectivity index (χ4v) is 4.53. The van der Waals surface area contributed by atoms with E-state index >= 15 is 0 Å². The van der Waals surface area contributed by atoms with Gasteiger partial charge in [0, 0.05) is 12.2 Å². The lowest BCUT2D eigenvalue weighted by molar-refractivity contribution is -0.134. The molecule has 1 aromatic carbocycles. The highest BCUT2D eigenvalue weighted by atomic mass is 16.3. The quantitative estimate of drug-likeness (QED) is 0.851. The summed E-state index contributed by atoms with van der Waals surface area (Å²) in [6.45, 7) is 2.56. The van der Waals surface area contributed by atoms with Gasteiger partial charge >= 0.3 is 0 Å². The number of nitrogens with zero attached hydrogens (tertiary/aromatic N) is 2. The van der Waals surface area contributed by atoms with Gasteiger partial charge in [-0.05, 0) is 55.0 Å². The van der Waals surface area contributed by atoms with E-state index in [9.17, 15) is 14.7 Å². The predicted molar refractivity (Wildman–Crippen MR) is 99.4 cm³/mol. The number of carbonyl (C=O) groups is 2. The number of hydrogen-bond acceptors (Lipinski definition) is 3. The lowest BCUT2D eigenvalue weighted by Gasteiger charge is -2.40. The van der Waals surface area contributed by atoms with Crippen molar-refractivity contribution in [2.24, 2.45) is 0 Å². The summed E-state index contributed by atoms with van der Waals surface area (Å²) < 4.78 is 0. The monoisotopic (exact) mass is 352 g/mol. The van der Waals surface area contributed by atoms with Crippen LogP contribution in [-0.2, 0) is 16.2 Å². The Balaban J connectivity index is 1.80. The maximum atomic E-state index is 13.0. The minimum atomic E-state index is -0.175. The summed E-state index contributed by atoms with van der Waals surface area (Å²) in [5.41, 5.74) is 4.24. The average Bonchev–Trinajstić information content (AvgIpc) is 3.09. The third-order valence-electron chi connectivity index (χ3n) is 5.74. The zero-order valence-electron chi connectivity index (χ0n) is 15.0. The Kier molecular flexibility index (Phi) is 4.41. The number of aliphatic hydroxyl groups excluding tert-OH is 1. The lowest BCUT2D eigenvalue weighted by atomic mass is 9.88. The van der Waals surface area contributed by atoms with E-state index in [0.717, 1.165) is 30.5 Å². The van der Waals surface area contributed by atoms with E-state index in [1.807, 2.05) is 36.1 Å². The maximum Gasteiger partial charge on any atom is 0.237 e. The smallest absolute Gasteiger partial charge is 0.237 e. The zero-order valence-corrected chi connectivity index (χ0v) is 15.0. The van der Waals surface area contributed by atoms with Crippen molar-refractivity contribution in [1.29, 1.82) is 0 Å². The Morgan fingerprint density at radius 2 is 1.88 bits per heavy atom. The topological polar surface area (TPSA) is 60.9 Å². The summed E-state index contributed by atoms with van der Waals surface area (Å²) in [5.74, 6) is -0.250. The molecule has 1 aliphatic heterocycles. The molecular weight excluding hydrogens is 328 g/mol. The number of rotatable bonds is 3. The molecule has 1 aromatic rings. The number of amides is 2. The van der Waals surface area contributed by atoms with Gasteiger partial charge < -0.3 is 14.9 Å². The molecule has 2 amide bonds. The first-order valence-electron chi connectivity index (χ1n) is 9.35. The van der Waals surface area contributed by atoms with Crippen LogP contribution in [0.2, 0.25) is 0 Å². The largest absolute Gasteiger partial charge is 0.392 e. The van der Waals surface area contributed by atoms with Crippen LogP contribution in [0, 0.1) is 0 Å². The SMILES string of the molecule is CCN1C(=O)CC(=O)N(c2ccc(CO)cc2)C2C=CC3=C(CCC3)C21. The average molecular weight is 352 g/mol. The fraction of sp³-hybridized carbons (Fsp3) is 0.429. The van der Waals surface area contributed by atoms with Crippen molar-refractivity contribution in [2.75, 3.05) is 11.4 Å². The van der Waals surface area contributed by atoms with Gasteiger partial charge in [0.2, 0.25) is 11.8 Å². The van der Waals surface area contributed by atoms with E-state index in [1.54, 1.807) is 4.90 Å². The number of fused-ring (bicyclic) bond motifs is 2. The number of aliphatic hydroxyl groups is 1. The van der Waals surface area contributed by atoms with Crippen LogP contribution in [0.3, 0.4) is 0 Å². The lowest BCUT2D eigenvalue weighted by Crippen LogP contribution is -2.52. The van der Waals surface area contributed by atoms with Gasteiger partial charge in [0.15, 0.2) is 0 Å². The van der Waals surface area contributed by atoms with Crippen LogP contribution < -0.4 is 4.90 Å². The van der Waals surface area contributed by atoms with Crippen molar-refractivity contribution in [2.45, 2.75) is 51.3 Å². The molecule has 2 aliphatic carbocycles. The fourth-order valence-electron chi connectivity index (χ4n) is 4.53. The van der Waals surface area contributed by atoms with Crippen LogP contribution in [-0.4, -0.2) is 40.4 Å². The molecule has 136 valence electrons. The predicted octanol–water partition coefficient (Wildman–Crippen LogP) is 2.55. The number of hydrogen-bond donors (Lipinski definition) is 1. The van der Waals surface area contributed by atoms with Gasteiger partial charge in [0.25, 0.3) is 0 Å². The van der Waals surface area contributed by atoms with E-state index < -0.39 is 0 Å². The second-order valence-electron chi connectivity index (χ2n) is 7.14. The summed E-state index contributed by atoms with van der Waals surface area (Å²) in [7, 11) is 0. The van der Waals surface area contributed by atoms with E-state index in [-0.39, 0.29) is 36.9 Å². The van der Waals surface area contributed by atoms with Crippen molar-refractivity contribution in [3.8, 4) is 0 Å². The summed E-state index contributed by atoms with van der Waals surface area (Å²) in [6, 6.07) is 7.13. The summed E-state index contributed by atoms with van der Waals surface area (Å²) in [6.07, 6.45) is 7.31. The molecule has 0 radical (unpaired) electrons. The Morgan fingerprint density at radius 1 is 1.12 bits per heavy atom. The molecule has 26 heavy (non-hydrogen) atoms. The van der Waals surface area contributed by atoms with E-state index in [0.29, 0.717) is 6.54 Å². The van der Waals surface area contributed by atoms with Gasteiger partial charge in [0.1, 0.15) is 6.42 Å². The molecule has 3 aliphatic rings. The standard InChI is InChI=1S/C21H24N2O3/c1-2-22-19(25)12-20(26)23(16-9-6-14(13-24)7-10-16)18-11-8-15-4-3-5-17(15)21(18)22/h6-11,18,21,24H,2-5,12-13H2,1H3. The summed E-state index contributed by atoms with van der Waals surface area (Å²) >= 11 is 0. The van der Waals surface area contributed by atoms with Gasteiger partial charge in [-0.1, -0.05) is 24.3 Å². The molecule has 5 nitrogen and oxygen atoms in total. The number of carbonyl (C=O) groups excluding carboxylic acids is 2. The van der Waals surface area contributed by atoms with Crippen molar-refractivity contribution in [3.63, 3.8) is 0 Å². The van der Waals surface area contributed by atoms with Crippen molar-refractivity contribution < 1.29 is 14.7 Å². The molecule has 0 aromatic heterocycles. The highest BCUT2D eigenvalue weighted by molar-refractivity contribution is 6.07. The highest BCUT2D eigenvalue weighted by Crippen LogP contribution is 2.40. The minimum absolute atomic E-state index is 0.0292. The third-order valence-corrected chi connectivity index (χ3v) is 5.74. The first kappa shape index (κ1) is 17.0. The molecule has 2 unspecified atom stereocenters. The molecule has 1 N–H and O–H groups in total. The van der Waals surface area contributed by atoms with Crippen LogP contribution in [0.4, 0.5) is 5.69 Å². The Morgan fingerprint density at radius 3 is 2.58 bits per heavy atom. The molecular formula is C21H24N2O3. The molecule has 4 rings (SSSR count). The van der Waals surface area contributed by atoms with Gasteiger partial charge in [-0.15, -0.1) is 0 Å². The van der Waals surface area contributed by atoms with Crippen molar-refractivity contribution in [1.82, 2.24) is 4.90 Å². The molecule has 2 atom stereocenters. The minimum Gasteiger partial charge on any atom is -0.392 e. The molecule has 0 spiro atoms. The second-order valence-corrected chi connectivity index (χ2v) is 7.14. The van der Waals surface area contributed by atoms with Crippen LogP contribution in [0.1, 0.15) is 38.2 Å². The van der Waals surface area contributed by atoms with Crippen LogP contribution in [0.15, 0.2) is 47.6 Å². The Hall–Kier alpha value is -2.40. The Labute approximate surface area is 153 Å². The number of benzene rings is 1. The normalized spacial score (nSPS) is 25.5. The Bertz CT molecular complexity index is 794. The molecule has 1 saturated heterocycles. The van der Waals surface area contributed by atoms with E-state index in [4.69, 9.17) is 0 Å². The van der Waals surface area contributed by atoms with Crippen LogP contribution >= 0.6 is 0 Å². The van der Waals surface area contributed by atoms with Crippen molar-refractivity contribution >= 4 is 17.5 Å². The second kappa shape index (κ2) is 6.72. The van der Waals surface area contributed by atoms with Crippen LogP contribution in [0.5, 0.6) is 0 Å². The number of anilines is 1. The molecule has 0 bridgehead atoms. The molecule has 0 saturated carbocycles. The summed E-state index contributed by atoms with van der Waals surface area (Å²) in [5, 5.41) is 9.28. The van der Waals surface area contributed by atoms with Crippen molar-refractivity contribution in [3.05, 3.63) is 53.1 Å². The van der Waals surface area contributed by atoms with Gasteiger partial charge in [-0.3, -0.25) is 9.59 Å². The molecule has 1 heterocycles. The maximum absolute atomic E-state index is 13.0. The zero-order chi connectivity index (χ0) is 18.3. The number of likely N-dealkylation sites (N-methyl/N-ethyl adjacent to an activating group) is 1. The van der Waals surface area contributed by atoms with Gasteiger partial charge in [-0.25, -0.2) is 0 Å². The highest BCUT2D eigenvalue weighted by Gasteiger charge is 2.44.